The normalized spacial score (nSPS) is 30.1. The zero-order valence-corrected chi connectivity index (χ0v) is 17.5. The van der Waals surface area contributed by atoms with Crippen molar-refractivity contribution in [2.75, 3.05) is 53.4 Å². The lowest BCUT2D eigenvalue weighted by Crippen LogP contribution is -2.58. The quantitative estimate of drug-likeness (QED) is 0.702. The van der Waals surface area contributed by atoms with E-state index in [2.05, 4.69) is 30.0 Å². The molecule has 1 saturated heterocycles. The number of carbonyl (C=O) groups is 2. The van der Waals surface area contributed by atoms with Gasteiger partial charge in [-0.15, -0.1) is 0 Å². The van der Waals surface area contributed by atoms with Crippen LogP contribution in [-0.2, 0) is 9.59 Å². The Morgan fingerprint density at radius 2 is 1.82 bits per heavy atom. The molecule has 1 heterocycles. The van der Waals surface area contributed by atoms with E-state index in [1.165, 1.54) is 0 Å². The minimum absolute atomic E-state index is 0.0490. The zero-order valence-electron chi connectivity index (χ0n) is 17.5. The fourth-order valence-electron chi connectivity index (χ4n) is 5.42. The summed E-state index contributed by atoms with van der Waals surface area (Å²) in [6, 6.07) is 2.39. The van der Waals surface area contributed by atoms with Gasteiger partial charge in [-0.3, -0.25) is 14.5 Å². The lowest BCUT2D eigenvalue weighted by atomic mass is 9.57. The summed E-state index contributed by atoms with van der Waals surface area (Å²) in [5.41, 5.74) is 4.20. The molecule has 3 aliphatic rings. The summed E-state index contributed by atoms with van der Waals surface area (Å²) in [5, 5.41) is 9.80. The lowest BCUT2D eigenvalue weighted by molar-refractivity contribution is -0.155. The molecule has 28 heavy (non-hydrogen) atoms. The minimum atomic E-state index is -0.972. The Labute approximate surface area is 168 Å². The second kappa shape index (κ2) is 8.38. The van der Waals surface area contributed by atoms with Crippen LogP contribution < -0.4 is 5.73 Å². The Morgan fingerprint density at radius 3 is 2.36 bits per heavy atom. The fraction of sp³-hybridized carbons (Fsp3) is 0.857. The maximum atomic E-state index is 13.5. The number of nitriles is 1. The Bertz CT molecular complexity index is 631. The van der Waals surface area contributed by atoms with Crippen LogP contribution in [0.15, 0.2) is 0 Å². The molecule has 7 heteroatoms. The molecule has 0 aromatic carbocycles. The van der Waals surface area contributed by atoms with Crippen LogP contribution in [0, 0.1) is 28.1 Å². The first kappa shape index (κ1) is 21.1. The van der Waals surface area contributed by atoms with Gasteiger partial charge in [0.15, 0.2) is 0 Å². The van der Waals surface area contributed by atoms with Gasteiger partial charge < -0.3 is 15.5 Å². The Morgan fingerprint density at radius 1 is 1.14 bits per heavy atom. The molecule has 2 unspecified atom stereocenters. The van der Waals surface area contributed by atoms with E-state index in [0.717, 1.165) is 45.4 Å². The van der Waals surface area contributed by atoms with Crippen molar-refractivity contribution < 1.29 is 9.59 Å². The van der Waals surface area contributed by atoms with Crippen molar-refractivity contribution in [1.82, 2.24) is 14.7 Å². The summed E-state index contributed by atoms with van der Waals surface area (Å²) >= 11 is 0. The lowest BCUT2D eigenvalue weighted by Gasteiger charge is -2.46. The van der Waals surface area contributed by atoms with Gasteiger partial charge in [-0.1, -0.05) is 12.8 Å². The van der Waals surface area contributed by atoms with Gasteiger partial charge >= 0.3 is 0 Å². The van der Waals surface area contributed by atoms with Crippen molar-refractivity contribution in [3.63, 3.8) is 0 Å². The van der Waals surface area contributed by atoms with Gasteiger partial charge in [0, 0.05) is 26.2 Å². The highest BCUT2D eigenvalue weighted by atomic mass is 16.2. The van der Waals surface area contributed by atoms with Crippen LogP contribution in [0.25, 0.3) is 0 Å². The molecule has 2 saturated carbocycles. The summed E-state index contributed by atoms with van der Waals surface area (Å²) in [6.45, 7) is 5.26. The van der Waals surface area contributed by atoms with Crippen molar-refractivity contribution in [2.24, 2.45) is 22.5 Å². The molecule has 2 atom stereocenters. The van der Waals surface area contributed by atoms with E-state index in [0.29, 0.717) is 38.8 Å². The van der Waals surface area contributed by atoms with Crippen LogP contribution in [0.4, 0.5) is 0 Å². The first-order valence-corrected chi connectivity index (χ1v) is 10.7. The molecule has 2 aliphatic carbocycles. The molecule has 3 rings (SSSR count). The highest BCUT2D eigenvalue weighted by molar-refractivity contribution is 5.91. The Balaban J connectivity index is 1.66. The molecule has 0 bridgehead atoms. The number of primary amides is 1. The number of hydrogen-bond acceptors (Lipinski definition) is 5. The summed E-state index contributed by atoms with van der Waals surface area (Å²) < 4.78 is 0. The Kier molecular flexibility index (Phi) is 6.31. The third-order valence-corrected chi connectivity index (χ3v) is 7.23. The van der Waals surface area contributed by atoms with Crippen LogP contribution in [-0.4, -0.2) is 79.9 Å². The van der Waals surface area contributed by atoms with Crippen LogP contribution in [0.5, 0.6) is 0 Å². The van der Waals surface area contributed by atoms with E-state index in [9.17, 15) is 14.9 Å². The van der Waals surface area contributed by atoms with Crippen molar-refractivity contribution in [1.29, 1.82) is 5.26 Å². The smallest absolute Gasteiger partial charge is 0.226 e. The maximum Gasteiger partial charge on any atom is 0.226 e. The topological polar surface area (TPSA) is 93.7 Å². The molecule has 1 aliphatic heterocycles. The summed E-state index contributed by atoms with van der Waals surface area (Å²) in [6.07, 6.45) is 5.56. The Hall–Kier alpha value is -1.65. The van der Waals surface area contributed by atoms with Gasteiger partial charge in [0.1, 0.15) is 0 Å². The maximum absolute atomic E-state index is 13.5. The number of carbonyl (C=O) groups excluding carboxylic acids is 2. The first-order valence-electron chi connectivity index (χ1n) is 10.7. The van der Waals surface area contributed by atoms with Crippen molar-refractivity contribution >= 4 is 11.8 Å². The largest absolute Gasteiger partial charge is 0.369 e. The van der Waals surface area contributed by atoms with Crippen molar-refractivity contribution in [3.8, 4) is 6.07 Å². The molecule has 0 aromatic heterocycles. The van der Waals surface area contributed by atoms with Gasteiger partial charge in [0.25, 0.3) is 0 Å². The van der Waals surface area contributed by atoms with Gasteiger partial charge in [0.2, 0.25) is 11.8 Å². The minimum Gasteiger partial charge on any atom is -0.369 e. The summed E-state index contributed by atoms with van der Waals surface area (Å²) in [4.78, 5) is 32.6. The average Bonchev–Trinajstić information content (AvgIpc) is 3.49. The monoisotopic (exact) mass is 389 g/mol. The van der Waals surface area contributed by atoms with E-state index in [-0.39, 0.29) is 5.91 Å². The van der Waals surface area contributed by atoms with Crippen molar-refractivity contribution in [2.45, 2.75) is 44.9 Å². The van der Waals surface area contributed by atoms with E-state index in [4.69, 9.17) is 5.73 Å². The van der Waals surface area contributed by atoms with Gasteiger partial charge in [0.05, 0.1) is 22.8 Å². The molecule has 7 nitrogen and oxygen atoms in total. The predicted octanol–water partition coefficient (Wildman–Crippen LogP) is 1.05. The predicted molar refractivity (Wildman–Crippen MR) is 107 cm³/mol. The number of nitrogens with two attached hydrogens (primary N) is 1. The second-order valence-corrected chi connectivity index (χ2v) is 9.15. The van der Waals surface area contributed by atoms with Gasteiger partial charge in [-0.05, 0) is 59.3 Å². The molecular formula is C21H35N5O2. The number of amides is 2. The number of nitrogens with zero attached hydrogens (tertiary/aromatic N) is 4. The van der Waals surface area contributed by atoms with E-state index in [1.807, 2.05) is 4.90 Å². The summed E-state index contributed by atoms with van der Waals surface area (Å²) in [7, 11) is 4.17. The van der Waals surface area contributed by atoms with Crippen LogP contribution in [0.2, 0.25) is 0 Å². The molecule has 2 amide bonds. The van der Waals surface area contributed by atoms with E-state index in [1.54, 1.807) is 0 Å². The van der Waals surface area contributed by atoms with Crippen LogP contribution in [0.3, 0.4) is 0 Å². The molecule has 0 radical (unpaired) electrons. The molecule has 156 valence electrons. The van der Waals surface area contributed by atoms with Crippen molar-refractivity contribution in [3.05, 3.63) is 0 Å². The van der Waals surface area contributed by atoms with E-state index < -0.39 is 22.7 Å². The molecule has 3 fully saturated rings. The number of hydrogen-bond donors (Lipinski definition) is 1. The molecule has 2 N–H and O–H groups in total. The second-order valence-electron chi connectivity index (χ2n) is 9.15. The third-order valence-electron chi connectivity index (χ3n) is 7.23. The standard InChI is InChI=1S/C21H35N5O2/c1-24(2)10-5-11-25-12-14-26(15-13-25)18(27)17-6-3-4-7-21(17,19(23)28)20(16-22)8-9-20/h17H,3-15H2,1-2H3,(H2,23,28). The van der Waals surface area contributed by atoms with E-state index >= 15 is 0 Å². The van der Waals surface area contributed by atoms with Crippen LogP contribution >= 0.6 is 0 Å². The number of piperazine rings is 1. The molecule has 0 aromatic rings. The highest BCUT2D eigenvalue weighted by Gasteiger charge is 2.68. The average molecular weight is 390 g/mol. The highest BCUT2D eigenvalue weighted by Crippen LogP contribution is 2.65. The van der Waals surface area contributed by atoms with Crippen LogP contribution in [0.1, 0.15) is 44.9 Å². The molecular weight excluding hydrogens is 354 g/mol. The SMILES string of the molecule is CN(C)CCCN1CCN(C(=O)C2CCCCC2(C(N)=O)C2(C#N)CC2)CC1. The first-order chi connectivity index (χ1) is 13.4. The third kappa shape index (κ3) is 3.77. The fourth-order valence-corrected chi connectivity index (χ4v) is 5.42. The molecule has 0 spiro atoms. The van der Waals surface area contributed by atoms with Gasteiger partial charge in [-0.2, -0.15) is 5.26 Å². The summed E-state index contributed by atoms with van der Waals surface area (Å²) in [5.74, 6) is -0.818. The van der Waals surface area contributed by atoms with Gasteiger partial charge in [-0.25, -0.2) is 0 Å². The number of rotatable bonds is 7. The zero-order chi connectivity index (χ0) is 20.4.